The fourth-order valence-corrected chi connectivity index (χ4v) is 8.10. The number of allylic oxidation sites excluding steroid dienone is 14. The van der Waals surface area contributed by atoms with Crippen LogP contribution in [0.15, 0.2) is 85.1 Å². The number of hydrogen-bond acceptors (Lipinski definition) is 6. The predicted molar refractivity (Wildman–Crippen MR) is 297 cm³/mol. The molecular weight excluding hydrogens is 853 g/mol. The monoisotopic (exact) mass is 961 g/mol. The highest BCUT2D eigenvalue weighted by molar-refractivity contribution is 5.71. The molecule has 0 aromatic carbocycles. The van der Waals surface area contributed by atoms with E-state index in [1.165, 1.54) is 148 Å². The molecule has 1 atom stereocenters. The van der Waals surface area contributed by atoms with E-state index in [-0.39, 0.29) is 31.1 Å². The molecular formula is C63H108O6. The number of carbonyl (C=O) groups excluding carboxylic acids is 3. The van der Waals surface area contributed by atoms with E-state index in [1.54, 1.807) is 0 Å². The van der Waals surface area contributed by atoms with Crippen LogP contribution in [0, 0.1) is 0 Å². The van der Waals surface area contributed by atoms with E-state index in [0.717, 1.165) is 89.9 Å². The summed E-state index contributed by atoms with van der Waals surface area (Å²) in [5.41, 5.74) is 0. The number of rotatable bonds is 52. The van der Waals surface area contributed by atoms with Gasteiger partial charge in [0, 0.05) is 19.3 Å². The third-order valence-corrected chi connectivity index (χ3v) is 12.4. The highest BCUT2D eigenvalue weighted by Gasteiger charge is 2.19. The summed E-state index contributed by atoms with van der Waals surface area (Å²) >= 11 is 0. The van der Waals surface area contributed by atoms with Gasteiger partial charge in [-0.2, -0.15) is 0 Å². The van der Waals surface area contributed by atoms with Gasteiger partial charge in [0.15, 0.2) is 6.10 Å². The van der Waals surface area contributed by atoms with Crippen molar-refractivity contribution in [2.75, 3.05) is 13.2 Å². The molecule has 0 amide bonds. The first-order valence-corrected chi connectivity index (χ1v) is 29.1. The Morgan fingerprint density at radius 3 is 1.06 bits per heavy atom. The molecule has 0 aliphatic rings. The van der Waals surface area contributed by atoms with Crippen LogP contribution in [-0.2, 0) is 28.6 Å². The maximum atomic E-state index is 12.9. The summed E-state index contributed by atoms with van der Waals surface area (Å²) in [6, 6.07) is 0. The van der Waals surface area contributed by atoms with Crippen LogP contribution < -0.4 is 0 Å². The summed E-state index contributed by atoms with van der Waals surface area (Å²) < 4.78 is 16.9. The summed E-state index contributed by atoms with van der Waals surface area (Å²) in [5, 5.41) is 0. The van der Waals surface area contributed by atoms with Gasteiger partial charge in [-0.1, -0.05) is 247 Å². The van der Waals surface area contributed by atoms with Crippen LogP contribution in [0.2, 0.25) is 0 Å². The molecule has 0 saturated carbocycles. The van der Waals surface area contributed by atoms with E-state index in [0.29, 0.717) is 19.3 Å². The van der Waals surface area contributed by atoms with Gasteiger partial charge in [0.1, 0.15) is 13.2 Å². The minimum absolute atomic E-state index is 0.0847. The van der Waals surface area contributed by atoms with Gasteiger partial charge in [0.2, 0.25) is 0 Å². The van der Waals surface area contributed by atoms with Crippen molar-refractivity contribution in [3.8, 4) is 0 Å². The zero-order valence-corrected chi connectivity index (χ0v) is 45.3. The summed E-state index contributed by atoms with van der Waals surface area (Å²) in [6.07, 6.45) is 74.3. The van der Waals surface area contributed by atoms with E-state index in [9.17, 15) is 14.4 Å². The molecule has 0 spiro atoms. The number of esters is 3. The first-order chi connectivity index (χ1) is 34.0. The fraction of sp³-hybridized carbons (Fsp3) is 0.730. The quantitative estimate of drug-likeness (QED) is 0.0199. The summed E-state index contributed by atoms with van der Waals surface area (Å²) in [5.74, 6) is -0.899. The Balaban J connectivity index is 4.39. The molecule has 0 N–H and O–H groups in total. The summed E-state index contributed by atoms with van der Waals surface area (Å²) in [7, 11) is 0. The number of ether oxygens (including phenoxy) is 3. The van der Waals surface area contributed by atoms with Crippen LogP contribution >= 0.6 is 0 Å². The second-order valence-electron chi connectivity index (χ2n) is 19.2. The molecule has 0 heterocycles. The Kier molecular flexibility index (Phi) is 54.3. The van der Waals surface area contributed by atoms with E-state index in [2.05, 4.69) is 106 Å². The van der Waals surface area contributed by atoms with Crippen molar-refractivity contribution in [2.24, 2.45) is 0 Å². The molecule has 0 bridgehead atoms. The normalized spacial score (nSPS) is 12.7. The van der Waals surface area contributed by atoms with Crippen molar-refractivity contribution in [3.05, 3.63) is 85.1 Å². The SMILES string of the molecule is CC\C=C/C=C\C=C/CCCCCCCCCC(=O)OCC(COC(=O)CCCCCCCCCCC/C=C\C/C=C\C/C=C\CC)OC(=O)CCCCCCCCC/C=C\CCCCCCCC. The van der Waals surface area contributed by atoms with Crippen molar-refractivity contribution in [1.29, 1.82) is 0 Å². The lowest BCUT2D eigenvalue weighted by Crippen LogP contribution is -2.30. The average Bonchev–Trinajstić information content (AvgIpc) is 3.35. The van der Waals surface area contributed by atoms with Crippen molar-refractivity contribution < 1.29 is 28.6 Å². The zero-order valence-electron chi connectivity index (χ0n) is 45.3. The molecule has 6 nitrogen and oxygen atoms in total. The number of unbranched alkanes of at least 4 members (excludes halogenated alkanes) is 29. The lowest BCUT2D eigenvalue weighted by atomic mass is 10.1. The minimum Gasteiger partial charge on any atom is -0.462 e. The van der Waals surface area contributed by atoms with Crippen molar-refractivity contribution >= 4 is 17.9 Å². The van der Waals surface area contributed by atoms with E-state index in [4.69, 9.17) is 14.2 Å². The Morgan fingerprint density at radius 2 is 0.638 bits per heavy atom. The lowest BCUT2D eigenvalue weighted by Gasteiger charge is -2.18. The molecule has 69 heavy (non-hydrogen) atoms. The third-order valence-electron chi connectivity index (χ3n) is 12.4. The Morgan fingerprint density at radius 1 is 0.319 bits per heavy atom. The third kappa shape index (κ3) is 55.4. The van der Waals surface area contributed by atoms with Gasteiger partial charge in [-0.15, -0.1) is 0 Å². The Hall–Kier alpha value is -3.41. The van der Waals surface area contributed by atoms with Crippen LogP contribution in [0.25, 0.3) is 0 Å². The molecule has 6 heteroatoms. The molecule has 0 aromatic heterocycles. The number of carbonyl (C=O) groups is 3. The predicted octanol–water partition coefficient (Wildman–Crippen LogP) is 19.5. The molecule has 0 fully saturated rings. The van der Waals surface area contributed by atoms with Crippen LogP contribution in [-0.4, -0.2) is 37.2 Å². The highest BCUT2D eigenvalue weighted by Crippen LogP contribution is 2.15. The summed E-state index contributed by atoms with van der Waals surface area (Å²) in [6.45, 7) is 6.40. The molecule has 0 aliphatic carbocycles. The van der Waals surface area contributed by atoms with E-state index in [1.807, 2.05) is 0 Å². The van der Waals surface area contributed by atoms with Crippen molar-refractivity contribution in [3.63, 3.8) is 0 Å². The van der Waals surface area contributed by atoms with Gasteiger partial charge in [0.05, 0.1) is 0 Å². The first kappa shape index (κ1) is 65.6. The van der Waals surface area contributed by atoms with Gasteiger partial charge in [0.25, 0.3) is 0 Å². The standard InChI is InChI=1S/C63H108O6/c1-4-7-10-13-16-19-22-25-28-30-31-33-35-38-41-44-47-50-53-56-62(65)68-59-60(58-67-61(64)55-52-49-46-43-40-37-34-27-24-21-18-15-12-9-6-3)69-63(66)57-54-51-48-45-42-39-36-32-29-26-23-20-17-14-11-8-5-2/h7,9-10,12,15-16,18-19,21,24-26,28-29,60H,4-6,8,11,13-14,17,20,22-23,27,30-59H2,1-3H3/b10-7-,12-9-,18-15-,19-16-,24-21-,28-25-,29-26-. The maximum absolute atomic E-state index is 12.9. The molecule has 396 valence electrons. The molecule has 1 unspecified atom stereocenters. The van der Waals surface area contributed by atoms with E-state index >= 15 is 0 Å². The van der Waals surface area contributed by atoms with Gasteiger partial charge in [-0.05, 0) is 96.3 Å². The van der Waals surface area contributed by atoms with Gasteiger partial charge in [-0.3, -0.25) is 14.4 Å². The molecule has 0 saturated heterocycles. The largest absolute Gasteiger partial charge is 0.462 e. The second-order valence-corrected chi connectivity index (χ2v) is 19.2. The smallest absolute Gasteiger partial charge is 0.306 e. The minimum atomic E-state index is -0.787. The molecule has 0 radical (unpaired) electrons. The van der Waals surface area contributed by atoms with Crippen LogP contribution in [0.1, 0.15) is 278 Å². The van der Waals surface area contributed by atoms with Crippen molar-refractivity contribution in [1.82, 2.24) is 0 Å². The first-order valence-electron chi connectivity index (χ1n) is 29.1. The average molecular weight is 962 g/mol. The van der Waals surface area contributed by atoms with E-state index < -0.39 is 6.10 Å². The van der Waals surface area contributed by atoms with Crippen LogP contribution in [0.3, 0.4) is 0 Å². The van der Waals surface area contributed by atoms with Crippen LogP contribution in [0.5, 0.6) is 0 Å². The van der Waals surface area contributed by atoms with Gasteiger partial charge >= 0.3 is 17.9 Å². The second kappa shape index (κ2) is 57.2. The van der Waals surface area contributed by atoms with Gasteiger partial charge < -0.3 is 14.2 Å². The Labute approximate surface area is 426 Å². The fourth-order valence-electron chi connectivity index (χ4n) is 8.10. The van der Waals surface area contributed by atoms with Gasteiger partial charge in [-0.25, -0.2) is 0 Å². The van der Waals surface area contributed by atoms with Crippen molar-refractivity contribution in [2.45, 2.75) is 284 Å². The molecule has 0 rings (SSSR count). The lowest BCUT2D eigenvalue weighted by molar-refractivity contribution is -0.167. The molecule has 0 aromatic rings. The maximum Gasteiger partial charge on any atom is 0.306 e. The Bertz CT molecular complexity index is 1330. The number of hydrogen-bond donors (Lipinski definition) is 0. The zero-order chi connectivity index (χ0) is 50.0. The van der Waals surface area contributed by atoms with Crippen LogP contribution in [0.4, 0.5) is 0 Å². The summed E-state index contributed by atoms with van der Waals surface area (Å²) in [4.78, 5) is 38.2. The topological polar surface area (TPSA) is 78.9 Å². The highest BCUT2D eigenvalue weighted by atomic mass is 16.6. The molecule has 0 aliphatic heterocycles.